The Bertz CT molecular complexity index is 422. The zero-order chi connectivity index (χ0) is 13.1. The first-order valence-electron chi connectivity index (χ1n) is 6.60. The van der Waals surface area contributed by atoms with Crippen LogP contribution in [-0.4, -0.2) is 25.2 Å². The van der Waals surface area contributed by atoms with Gasteiger partial charge in [0, 0.05) is 13.1 Å². The highest BCUT2D eigenvalue weighted by Crippen LogP contribution is 2.28. The third kappa shape index (κ3) is 2.20. The summed E-state index contributed by atoms with van der Waals surface area (Å²) in [5.74, 6) is 0. The van der Waals surface area contributed by atoms with E-state index in [1.807, 2.05) is 4.90 Å². The molecule has 1 aliphatic rings. The summed E-state index contributed by atoms with van der Waals surface area (Å²) < 4.78 is 0. The van der Waals surface area contributed by atoms with Crippen LogP contribution in [0, 0.1) is 0 Å². The number of para-hydroxylation sites is 1. The van der Waals surface area contributed by atoms with E-state index < -0.39 is 0 Å². The molecule has 2 amide bonds. The van der Waals surface area contributed by atoms with Crippen molar-refractivity contribution < 1.29 is 4.79 Å². The zero-order valence-electron chi connectivity index (χ0n) is 11.1. The molecule has 0 spiro atoms. The fraction of sp³-hybridized carbons (Fsp3) is 0.500. The van der Waals surface area contributed by atoms with Gasteiger partial charge in [-0.3, -0.25) is 4.90 Å². The van der Waals surface area contributed by atoms with E-state index in [0.717, 1.165) is 18.5 Å². The highest BCUT2D eigenvalue weighted by atomic mass is 16.2. The number of urea groups is 1. The van der Waals surface area contributed by atoms with Crippen LogP contribution < -0.4 is 16.0 Å². The van der Waals surface area contributed by atoms with Crippen LogP contribution >= 0.6 is 0 Å². The van der Waals surface area contributed by atoms with Crippen molar-refractivity contribution in [1.29, 1.82) is 0 Å². The maximum absolute atomic E-state index is 12.0. The minimum Gasteiger partial charge on any atom is -0.332 e. The first kappa shape index (κ1) is 12.9. The minimum absolute atomic E-state index is 0.0268. The number of nitrogens with two attached hydrogens (primary N) is 1. The summed E-state index contributed by atoms with van der Waals surface area (Å²) >= 11 is 0. The molecule has 1 atom stereocenters. The average molecular weight is 247 g/mol. The number of amides is 2. The van der Waals surface area contributed by atoms with E-state index in [9.17, 15) is 4.79 Å². The number of hydrogen-bond acceptors (Lipinski definition) is 2. The number of anilines is 1. The van der Waals surface area contributed by atoms with Crippen molar-refractivity contribution in [1.82, 2.24) is 5.32 Å². The molecule has 1 heterocycles. The molecule has 18 heavy (non-hydrogen) atoms. The number of hydrogen-bond donors (Lipinski definition) is 2. The smallest absolute Gasteiger partial charge is 0.322 e. The Morgan fingerprint density at radius 1 is 1.33 bits per heavy atom. The molecule has 0 saturated carbocycles. The molecule has 0 aliphatic carbocycles. The lowest BCUT2D eigenvalue weighted by Crippen LogP contribution is -2.33. The molecule has 3 N–H and O–H groups in total. The number of nitrogens with one attached hydrogen (secondary N) is 1. The Hall–Kier alpha value is -1.55. The zero-order valence-corrected chi connectivity index (χ0v) is 11.1. The van der Waals surface area contributed by atoms with Gasteiger partial charge in [-0.2, -0.15) is 0 Å². The van der Waals surface area contributed by atoms with Crippen LogP contribution in [-0.2, 0) is 12.8 Å². The highest BCUT2D eigenvalue weighted by molar-refractivity contribution is 5.96. The molecule has 1 fully saturated rings. The molecule has 4 heteroatoms. The van der Waals surface area contributed by atoms with Crippen molar-refractivity contribution in [3.8, 4) is 0 Å². The maximum atomic E-state index is 12.0. The summed E-state index contributed by atoms with van der Waals surface area (Å²) in [5.41, 5.74) is 9.16. The van der Waals surface area contributed by atoms with Crippen LogP contribution in [0.2, 0.25) is 0 Å². The molecule has 1 aromatic carbocycles. The average Bonchev–Trinajstić information content (AvgIpc) is 2.78. The Morgan fingerprint density at radius 2 is 1.94 bits per heavy atom. The van der Waals surface area contributed by atoms with E-state index in [4.69, 9.17) is 5.73 Å². The lowest BCUT2D eigenvalue weighted by atomic mass is 10.0. The molecule has 1 saturated heterocycles. The first-order chi connectivity index (χ1) is 8.71. The molecular weight excluding hydrogens is 226 g/mol. The van der Waals surface area contributed by atoms with E-state index in [1.54, 1.807) is 0 Å². The molecule has 2 rings (SSSR count). The van der Waals surface area contributed by atoms with Crippen molar-refractivity contribution in [2.45, 2.75) is 32.7 Å². The van der Waals surface area contributed by atoms with Crippen LogP contribution in [0.3, 0.4) is 0 Å². The second-order valence-corrected chi connectivity index (χ2v) is 4.62. The quantitative estimate of drug-likeness (QED) is 0.850. The predicted molar refractivity (Wildman–Crippen MR) is 73.9 cm³/mol. The first-order valence-corrected chi connectivity index (χ1v) is 6.60. The SMILES string of the molecule is CCc1cccc(CC)c1N1CC(CN)NC1=O. The lowest BCUT2D eigenvalue weighted by Gasteiger charge is -2.22. The second kappa shape index (κ2) is 5.40. The van der Waals surface area contributed by atoms with Crippen LogP contribution in [0.1, 0.15) is 25.0 Å². The van der Waals surface area contributed by atoms with Crippen LogP contribution in [0.4, 0.5) is 10.5 Å². The van der Waals surface area contributed by atoms with E-state index in [1.165, 1.54) is 11.1 Å². The van der Waals surface area contributed by atoms with Gasteiger partial charge < -0.3 is 11.1 Å². The third-order valence-corrected chi connectivity index (χ3v) is 3.50. The molecule has 98 valence electrons. The van der Waals surface area contributed by atoms with Gasteiger partial charge in [0.1, 0.15) is 0 Å². The Balaban J connectivity index is 2.40. The fourth-order valence-electron chi connectivity index (χ4n) is 2.49. The molecule has 1 aromatic rings. The molecule has 1 aliphatic heterocycles. The molecule has 0 aromatic heterocycles. The summed E-state index contributed by atoms with van der Waals surface area (Å²) in [5, 5.41) is 2.92. The number of aryl methyl sites for hydroxylation is 2. The molecular formula is C14H21N3O. The van der Waals surface area contributed by atoms with Crippen LogP contribution in [0.15, 0.2) is 18.2 Å². The van der Waals surface area contributed by atoms with Crippen molar-refractivity contribution in [3.05, 3.63) is 29.3 Å². The molecule has 4 nitrogen and oxygen atoms in total. The Morgan fingerprint density at radius 3 is 2.39 bits per heavy atom. The standard InChI is InChI=1S/C14H21N3O/c1-3-10-6-5-7-11(4-2)13(10)17-9-12(8-15)16-14(17)18/h5-7,12H,3-4,8-9,15H2,1-2H3,(H,16,18). The van der Waals surface area contributed by atoms with Crippen LogP contribution in [0.25, 0.3) is 0 Å². The molecule has 0 radical (unpaired) electrons. The van der Waals surface area contributed by atoms with Gasteiger partial charge in [0.2, 0.25) is 0 Å². The van der Waals surface area contributed by atoms with Gasteiger partial charge in [-0.1, -0.05) is 32.0 Å². The van der Waals surface area contributed by atoms with Gasteiger partial charge in [0.25, 0.3) is 0 Å². The van der Waals surface area contributed by atoms with Gasteiger partial charge in [-0.15, -0.1) is 0 Å². The van der Waals surface area contributed by atoms with Crippen molar-refractivity contribution in [2.75, 3.05) is 18.0 Å². The van der Waals surface area contributed by atoms with E-state index in [0.29, 0.717) is 13.1 Å². The number of carbonyl (C=O) groups is 1. The van der Waals surface area contributed by atoms with Gasteiger partial charge in [-0.05, 0) is 24.0 Å². The summed E-state index contributed by atoms with van der Waals surface area (Å²) in [6, 6.07) is 6.29. The Labute approximate surface area is 108 Å². The third-order valence-electron chi connectivity index (χ3n) is 3.50. The van der Waals surface area contributed by atoms with E-state index >= 15 is 0 Å². The summed E-state index contributed by atoms with van der Waals surface area (Å²) in [4.78, 5) is 13.9. The largest absolute Gasteiger partial charge is 0.332 e. The van der Waals surface area contributed by atoms with Gasteiger partial charge in [0.15, 0.2) is 0 Å². The maximum Gasteiger partial charge on any atom is 0.322 e. The minimum atomic E-state index is -0.0268. The highest BCUT2D eigenvalue weighted by Gasteiger charge is 2.30. The van der Waals surface area contributed by atoms with Crippen molar-refractivity contribution >= 4 is 11.7 Å². The fourth-order valence-corrected chi connectivity index (χ4v) is 2.49. The number of benzene rings is 1. The number of rotatable bonds is 4. The normalized spacial score (nSPS) is 19.2. The van der Waals surface area contributed by atoms with Crippen molar-refractivity contribution in [2.24, 2.45) is 5.73 Å². The second-order valence-electron chi connectivity index (χ2n) is 4.62. The van der Waals surface area contributed by atoms with Gasteiger partial charge >= 0.3 is 6.03 Å². The summed E-state index contributed by atoms with van der Waals surface area (Å²) in [6.07, 6.45) is 1.86. The van der Waals surface area contributed by atoms with Gasteiger partial charge in [0.05, 0.1) is 11.7 Å². The molecule has 1 unspecified atom stereocenters. The summed E-state index contributed by atoms with van der Waals surface area (Å²) in [7, 11) is 0. The number of carbonyl (C=O) groups excluding carboxylic acids is 1. The summed E-state index contributed by atoms with van der Waals surface area (Å²) in [6.45, 7) is 5.39. The molecule has 0 bridgehead atoms. The van der Waals surface area contributed by atoms with Gasteiger partial charge in [-0.25, -0.2) is 4.79 Å². The van der Waals surface area contributed by atoms with E-state index in [-0.39, 0.29) is 12.1 Å². The Kier molecular flexibility index (Phi) is 3.87. The lowest BCUT2D eigenvalue weighted by molar-refractivity contribution is 0.251. The van der Waals surface area contributed by atoms with E-state index in [2.05, 4.69) is 37.4 Å². The topological polar surface area (TPSA) is 58.4 Å². The number of nitrogens with zero attached hydrogens (tertiary/aromatic N) is 1. The van der Waals surface area contributed by atoms with Crippen LogP contribution in [0.5, 0.6) is 0 Å². The monoisotopic (exact) mass is 247 g/mol. The van der Waals surface area contributed by atoms with Crippen molar-refractivity contribution in [3.63, 3.8) is 0 Å². The predicted octanol–water partition coefficient (Wildman–Crippen LogP) is 1.67.